The minimum Gasteiger partial charge on any atom is -0.351 e. The number of aromatic amines is 1. The lowest BCUT2D eigenvalue weighted by Gasteiger charge is -2.07. The van der Waals surface area contributed by atoms with Gasteiger partial charge in [-0.2, -0.15) is 10.4 Å². The zero-order chi connectivity index (χ0) is 11.3. The predicted octanol–water partition coefficient (Wildman–Crippen LogP) is 0.884. The molecule has 1 heterocycles. The Morgan fingerprint density at radius 1 is 1.80 bits per heavy atom. The quantitative estimate of drug-likeness (QED) is 0.767. The molecular formula is C10H14N4O. The number of aryl methyl sites for hydroxylation is 1. The third-order valence-corrected chi connectivity index (χ3v) is 2.27. The summed E-state index contributed by atoms with van der Waals surface area (Å²) in [5.41, 5.74) is 1.87. The van der Waals surface area contributed by atoms with Crippen molar-refractivity contribution in [3.05, 3.63) is 17.5 Å². The maximum atomic E-state index is 11.4. The molecule has 1 unspecified atom stereocenters. The lowest BCUT2D eigenvalue weighted by molar-refractivity contribution is -0.123. The number of aromatic nitrogens is 2. The van der Waals surface area contributed by atoms with Gasteiger partial charge in [0.05, 0.1) is 12.3 Å². The summed E-state index contributed by atoms with van der Waals surface area (Å²) in [6, 6.07) is 1.96. The number of hydrogen-bond donors (Lipinski definition) is 2. The third-order valence-electron chi connectivity index (χ3n) is 2.27. The van der Waals surface area contributed by atoms with Gasteiger partial charge in [-0.15, -0.1) is 0 Å². The molecule has 5 nitrogen and oxygen atoms in total. The number of hydrogen-bond acceptors (Lipinski definition) is 3. The number of nitriles is 1. The van der Waals surface area contributed by atoms with E-state index in [2.05, 4.69) is 15.5 Å². The van der Waals surface area contributed by atoms with Gasteiger partial charge in [-0.05, 0) is 13.3 Å². The molecule has 1 aromatic rings. The van der Waals surface area contributed by atoms with Gasteiger partial charge < -0.3 is 5.32 Å². The Balaban J connectivity index is 2.48. The molecule has 0 radical (unpaired) electrons. The summed E-state index contributed by atoms with van der Waals surface area (Å²) < 4.78 is 0. The Morgan fingerprint density at radius 2 is 2.53 bits per heavy atom. The van der Waals surface area contributed by atoms with E-state index >= 15 is 0 Å². The normalized spacial score (nSPS) is 11.8. The van der Waals surface area contributed by atoms with E-state index in [4.69, 9.17) is 5.26 Å². The summed E-state index contributed by atoms with van der Waals surface area (Å²) in [5.74, 6) is -0.780. The molecule has 0 saturated heterocycles. The predicted molar refractivity (Wildman–Crippen MR) is 54.6 cm³/mol. The average Bonchev–Trinajstić information content (AvgIpc) is 2.63. The molecule has 0 aliphatic heterocycles. The first-order valence-electron chi connectivity index (χ1n) is 4.85. The van der Waals surface area contributed by atoms with E-state index in [0.29, 0.717) is 13.0 Å². The molecule has 0 fully saturated rings. The molecule has 0 saturated carbocycles. The number of carbonyl (C=O) groups excluding carboxylic acids is 1. The maximum absolute atomic E-state index is 11.4. The van der Waals surface area contributed by atoms with Crippen LogP contribution in [0.25, 0.3) is 0 Å². The van der Waals surface area contributed by atoms with Crippen molar-refractivity contribution in [2.45, 2.75) is 26.8 Å². The molecule has 1 atom stereocenters. The van der Waals surface area contributed by atoms with Crippen LogP contribution in [0.2, 0.25) is 0 Å². The molecule has 0 aliphatic carbocycles. The fourth-order valence-corrected chi connectivity index (χ4v) is 1.19. The van der Waals surface area contributed by atoms with E-state index < -0.39 is 5.92 Å². The minimum absolute atomic E-state index is 0.222. The molecule has 1 aromatic heterocycles. The smallest absolute Gasteiger partial charge is 0.237 e. The lowest BCUT2D eigenvalue weighted by atomic mass is 10.1. The zero-order valence-electron chi connectivity index (χ0n) is 8.87. The Kier molecular flexibility index (Phi) is 3.86. The van der Waals surface area contributed by atoms with Crippen LogP contribution in [-0.4, -0.2) is 16.1 Å². The SMILES string of the molecule is CCC(C#N)C(=O)NCc1cn[nH]c1C. The second-order valence-electron chi connectivity index (χ2n) is 3.33. The van der Waals surface area contributed by atoms with Crippen molar-refractivity contribution in [3.8, 4) is 6.07 Å². The van der Waals surface area contributed by atoms with Crippen molar-refractivity contribution in [3.63, 3.8) is 0 Å². The van der Waals surface area contributed by atoms with Crippen LogP contribution in [0.3, 0.4) is 0 Å². The molecule has 0 bridgehead atoms. The second-order valence-corrected chi connectivity index (χ2v) is 3.33. The van der Waals surface area contributed by atoms with Crippen molar-refractivity contribution in [1.82, 2.24) is 15.5 Å². The Labute approximate surface area is 88.5 Å². The van der Waals surface area contributed by atoms with Gasteiger partial charge in [0.25, 0.3) is 0 Å². The molecule has 0 aliphatic rings. The number of nitrogens with zero attached hydrogens (tertiary/aromatic N) is 2. The van der Waals surface area contributed by atoms with Gasteiger partial charge in [0.2, 0.25) is 5.91 Å². The Morgan fingerprint density at radius 3 is 3.00 bits per heavy atom. The van der Waals surface area contributed by atoms with E-state index in [0.717, 1.165) is 11.3 Å². The largest absolute Gasteiger partial charge is 0.351 e. The van der Waals surface area contributed by atoms with Gasteiger partial charge in [-0.1, -0.05) is 6.92 Å². The van der Waals surface area contributed by atoms with E-state index in [1.807, 2.05) is 19.9 Å². The highest BCUT2D eigenvalue weighted by atomic mass is 16.1. The molecule has 80 valence electrons. The van der Waals surface area contributed by atoms with E-state index in [9.17, 15) is 4.79 Å². The summed E-state index contributed by atoms with van der Waals surface area (Å²) in [6.45, 7) is 4.12. The molecular weight excluding hydrogens is 192 g/mol. The monoisotopic (exact) mass is 206 g/mol. The van der Waals surface area contributed by atoms with Crippen molar-refractivity contribution in [2.24, 2.45) is 5.92 Å². The fraction of sp³-hybridized carbons (Fsp3) is 0.500. The zero-order valence-corrected chi connectivity index (χ0v) is 8.87. The van der Waals surface area contributed by atoms with E-state index in [-0.39, 0.29) is 5.91 Å². The first-order valence-corrected chi connectivity index (χ1v) is 4.85. The summed E-state index contributed by atoms with van der Waals surface area (Å²) in [5, 5.41) is 18.0. The van der Waals surface area contributed by atoms with Crippen molar-refractivity contribution < 1.29 is 4.79 Å². The summed E-state index contributed by atoms with van der Waals surface area (Å²) in [4.78, 5) is 11.4. The van der Waals surface area contributed by atoms with Gasteiger partial charge in [-0.3, -0.25) is 9.89 Å². The van der Waals surface area contributed by atoms with Gasteiger partial charge >= 0.3 is 0 Å². The molecule has 0 aromatic carbocycles. The maximum Gasteiger partial charge on any atom is 0.237 e. The van der Waals surface area contributed by atoms with Crippen molar-refractivity contribution in [2.75, 3.05) is 0 Å². The molecule has 2 N–H and O–H groups in total. The van der Waals surface area contributed by atoms with Crippen LogP contribution in [0.5, 0.6) is 0 Å². The van der Waals surface area contributed by atoms with Crippen molar-refractivity contribution in [1.29, 1.82) is 5.26 Å². The van der Waals surface area contributed by atoms with Crippen LogP contribution < -0.4 is 5.32 Å². The van der Waals surface area contributed by atoms with Gasteiger partial charge in [0, 0.05) is 17.8 Å². The molecule has 1 rings (SSSR count). The number of H-pyrrole nitrogens is 1. The number of amides is 1. The van der Waals surface area contributed by atoms with Crippen molar-refractivity contribution >= 4 is 5.91 Å². The average molecular weight is 206 g/mol. The van der Waals surface area contributed by atoms with E-state index in [1.165, 1.54) is 0 Å². The van der Waals surface area contributed by atoms with E-state index in [1.54, 1.807) is 6.20 Å². The Bertz CT molecular complexity index is 377. The molecule has 0 spiro atoms. The first kappa shape index (κ1) is 11.2. The second kappa shape index (κ2) is 5.15. The number of rotatable bonds is 4. The Hall–Kier alpha value is -1.83. The van der Waals surface area contributed by atoms with Crippen LogP contribution in [0.1, 0.15) is 24.6 Å². The van der Waals surface area contributed by atoms with Crippen LogP contribution >= 0.6 is 0 Å². The fourth-order valence-electron chi connectivity index (χ4n) is 1.19. The summed E-state index contributed by atoms with van der Waals surface area (Å²) in [7, 11) is 0. The van der Waals surface area contributed by atoms with Crippen LogP contribution in [0.15, 0.2) is 6.20 Å². The standard InChI is InChI=1S/C10H14N4O/c1-3-8(4-11)10(15)12-5-9-6-13-14-7(9)2/h6,8H,3,5H2,1-2H3,(H,12,15)(H,13,14). The topological polar surface area (TPSA) is 81.6 Å². The summed E-state index contributed by atoms with van der Waals surface area (Å²) >= 11 is 0. The number of carbonyl (C=O) groups is 1. The van der Waals surface area contributed by atoms with Crippen LogP contribution in [-0.2, 0) is 11.3 Å². The van der Waals surface area contributed by atoms with Gasteiger partial charge in [0.15, 0.2) is 0 Å². The molecule has 15 heavy (non-hydrogen) atoms. The highest BCUT2D eigenvalue weighted by Crippen LogP contribution is 2.04. The highest BCUT2D eigenvalue weighted by molar-refractivity contribution is 5.80. The first-order chi connectivity index (χ1) is 7.19. The lowest BCUT2D eigenvalue weighted by Crippen LogP contribution is -2.29. The van der Waals surface area contributed by atoms with Crippen LogP contribution in [0.4, 0.5) is 0 Å². The highest BCUT2D eigenvalue weighted by Gasteiger charge is 2.14. The molecule has 5 heteroatoms. The van der Waals surface area contributed by atoms with Gasteiger partial charge in [-0.25, -0.2) is 0 Å². The van der Waals surface area contributed by atoms with Gasteiger partial charge in [0.1, 0.15) is 5.92 Å². The number of nitrogens with one attached hydrogen (secondary N) is 2. The minimum atomic E-state index is -0.558. The molecule has 1 amide bonds. The van der Waals surface area contributed by atoms with Crippen LogP contribution in [0, 0.1) is 24.2 Å². The third kappa shape index (κ3) is 2.81. The summed E-state index contributed by atoms with van der Waals surface area (Å²) in [6.07, 6.45) is 2.20.